The Morgan fingerprint density at radius 3 is 3.00 bits per heavy atom. The predicted molar refractivity (Wildman–Crippen MR) is 54.3 cm³/mol. The van der Waals surface area contributed by atoms with Crippen LogP contribution in [0.25, 0.3) is 0 Å². The first kappa shape index (κ1) is 11.6. The zero-order valence-corrected chi connectivity index (χ0v) is 8.97. The van der Waals surface area contributed by atoms with E-state index in [1.54, 1.807) is 6.33 Å². The predicted octanol–water partition coefficient (Wildman–Crippen LogP) is 0.330. The van der Waals surface area contributed by atoms with Crippen molar-refractivity contribution in [1.82, 2.24) is 20.1 Å². The monoisotopic (exact) mass is 212 g/mol. The Labute approximate surface area is 88.3 Å². The lowest BCUT2D eigenvalue weighted by Gasteiger charge is -2.11. The van der Waals surface area contributed by atoms with Crippen molar-refractivity contribution in [3.8, 4) is 0 Å². The van der Waals surface area contributed by atoms with Gasteiger partial charge >= 0.3 is 5.97 Å². The molecule has 6 nitrogen and oxygen atoms in total. The molecule has 0 bridgehead atoms. The van der Waals surface area contributed by atoms with Gasteiger partial charge < -0.3 is 15.0 Å². The first-order chi connectivity index (χ1) is 7.11. The van der Waals surface area contributed by atoms with Gasteiger partial charge in [-0.3, -0.25) is 4.79 Å². The van der Waals surface area contributed by atoms with Crippen molar-refractivity contribution in [1.29, 1.82) is 0 Å². The Hall–Kier alpha value is -1.43. The van der Waals surface area contributed by atoms with Crippen LogP contribution >= 0.6 is 0 Å². The molecule has 0 aromatic carbocycles. The van der Waals surface area contributed by atoms with Crippen LogP contribution in [0.4, 0.5) is 0 Å². The second kappa shape index (κ2) is 5.45. The minimum atomic E-state index is -0.761. The van der Waals surface area contributed by atoms with Crippen LogP contribution in [0.5, 0.6) is 0 Å². The van der Waals surface area contributed by atoms with Gasteiger partial charge in [-0.1, -0.05) is 0 Å². The summed E-state index contributed by atoms with van der Waals surface area (Å²) in [5.74, 6) is 0.0911. The Bertz CT molecular complexity index is 324. The molecule has 2 N–H and O–H groups in total. The standard InChI is InChI=1S/C9H16N4O2/c1-7(9-12-11-6-13(9)2)10-5-3-4-8(14)15/h6-7,10H,3-5H2,1-2H3,(H,14,15). The summed E-state index contributed by atoms with van der Waals surface area (Å²) in [5, 5.41) is 19.4. The number of hydrogen-bond acceptors (Lipinski definition) is 4. The number of carbonyl (C=O) groups is 1. The molecule has 0 spiro atoms. The molecule has 1 aromatic rings. The van der Waals surface area contributed by atoms with Crippen molar-refractivity contribution in [2.75, 3.05) is 6.54 Å². The van der Waals surface area contributed by atoms with Crippen LogP contribution in [0, 0.1) is 0 Å². The molecule has 0 saturated heterocycles. The average molecular weight is 212 g/mol. The average Bonchev–Trinajstić information content (AvgIpc) is 2.58. The van der Waals surface area contributed by atoms with Gasteiger partial charge in [0.05, 0.1) is 6.04 Å². The molecule has 0 aliphatic heterocycles. The lowest BCUT2D eigenvalue weighted by Crippen LogP contribution is -2.23. The van der Waals surface area contributed by atoms with Gasteiger partial charge in [-0.05, 0) is 19.9 Å². The first-order valence-electron chi connectivity index (χ1n) is 4.90. The largest absolute Gasteiger partial charge is 0.481 e. The van der Waals surface area contributed by atoms with Crippen molar-refractivity contribution in [2.24, 2.45) is 7.05 Å². The normalized spacial score (nSPS) is 12.7. The van der Waals surface area contributed by atoms with Crippen LogP contribution in [0.3, 0.4) is 0 Å². The molecule has 6 heteroatoms. The summed E-state index contributed by atoms with van der Waals surface area (Å²) >= 11 is 0. The maximum atomic E-state index is 10.3. The number of nitrogens with one attached hydrogen (secondary N) is 1. The van der Waals surface area contributed by atoms with Gasteiger partial charge in [0.15, 0.2) is 0 Å². The molecule has 15 heavy (non-hydrogen) atoms. The minimum Gasteiger partial charge on any atom is -0.481 e. The molecule has 0 amide bonds. The molecule has 0 aliphatic carbocycles. The molecule has 1 aromatic heterocycles. The zero-order chi connectivity index (χ0) is 11.3. The number of nitrogens with zero attached hydrogens (tertiary/aromatic N) is 3. The van der Waals surface area contributed by atoms with Crippen LogP contribution in [0.1, 0.15) is 31.6 Å². The van der Waals surface area contributed by atoms with Gasteiger partial charge in [0.1, 0.15) is 12.2 Å². The van der Waals surface area contributed by atoms with E-state index in [2.05, 4.69) is 15.5 Å². The highest BCUT2D eigenvalue weighted by Crippen LogP contribution is 2.06. The number of aromatic nitrogens is 3. The highest BCUT2D eigenvalue weighted by atomic mass is 16.4. The van der Waals surface area contributed by atoms with Crippen molar-refractivity contribution >= 4 is 5.97 Å². The number of aliphatic carboxylic acids is 1. The molecule has 0 saturated carbocycles. The van der Waals surface area contributed by atoms with Crippen LogP contribution in [-0.2, 0) is 11.8 Å². The molecule has 0 fully saturated rings. The maximum absolute atomic E-state index is 10.3. The van der Waals surface area contributed by atoms with Gasteiger partial charge in [0.2, 0.25) is 0 Å². The van der Waals surface area contributed by atoms with Gasteiger partial charge in [-0.25, -0.2) is 0 Å². The molecular weight excluding hydrogens is 196 g/mol. The summed E-state index contributed by atoms with van der Waals surface area (Å²) < 4.78 is 1.84. The lowest BCUT2D eigenvalue weighted by atomic mass is 10.2. The molecule has 0 radical (unpaired) electrons. The van der Waals surface area contributed by atoms with Crippen molar-refractivity contribution < 1.29 is 9.90 Å². The van der Waals surface area contributed by atoms with E-state index in [1.165, 1.54) is 0 Å². The van der Waals surface area contributed by atoms with Crippen molar-refractivity contribution in [3.05, 3.63) is 12.2 Å². The van der Waals surface area contributed by atoms with Crippen LogP contribution < -0.4 is 5.32 Å². The van der Waals surface area contributed by atoms with E-state index >= 15 is 0 Å². The molecule has 1 heterocycles. The van der Waals surface area contributed by atoms with E-state index in [9.17, 15) is 4.79 Å². The SMILES string of the molecule is CC(NCCCC(=O)O)c1nncn1C. The van der Waals surface area contributed by atoms with Crippen LogP contribution in [-0.4, -0.2) is 32.4 Å². The number of carboxylic acid groups (broad SMARTS) is 1. The van der Waals surface area contributed by atoms with E-state index in [-0.39, 0.29) is 12.5 Å². The van der Waals surface area contributed by atoms with E-state index in [0.717, 1.165) is 5.82 Å². The minimum absolute atomic E-state index is 0.0892. The van der Waals surface area contributed by atoms with E-state index < -0.39 is 5.97 Å². The fourth-order valence-electron chi connectivity index (χ4n) is 1.33. The molecule has 1 rings (SSSR count). The summed E-state index contributed by atoms with van der Waals surface area (Å²) in [4.78, 5) is 10.3. The highest BCUT2D eigenvalue weighted by Gasteiger charge is 2.09. The molecular formula is C9H16N4O2. The third-order valence-corrected chi connectivity index (χ3v) is 2.15. The Morgan fingerprint density at radius 1 is 1.73 bits per heavy atom. The van der Waals surface area contributed by atoms with Gasteiger partial charge in [-0.15, -0.1) is 10.2 Å². The fraction of sp³-hybridized carbons (Fsp3) is 0.667. The molecule has 1 atom stereocenters. The summed E-state index contributed by atoms with van der Waals surface area (Å²) in [7, 11) is 1.88. The number of rotatable bonds is 6. The van der Waals surface area contributed by atoms with E-state index in [4.69, 9.17) is 5.11 Å². The van der Waals surface area contributed by atoms with E-state index in [0.29, 0.717) is 13.0 Å². The van der Waals surface area contributed by atoms with E-state index in [1.807, 2.05) is 18.5 Å². The summed E-state index contributed by atoms with van der Waals surface area (Å²) in [6, 6.07) is 0.0892. The quantitative estimate of drug-likeness (QED) is 0.664. The second-order valence-corrected chi connectivity index (χ2v) is 3.47. The highest BCUT2D eigenvalue weighted by molar-refractivity contribution is 5.66. The van der Waals surface area contributed by atoms with Crippen molar-refractivity contribution in [3.63, 3.8) is 0 Å². The summed E-state index contributed by atoms with van der Waals surface area (Å²) in [5.41, 5.74) is 0. The Balaban J connectivity index is 2.28. The number of carboxylic acids is 1. The smallest absolute Gasteiger partial charge is 0.303 e. The lowest BCUT2D eigenvalue weighted by molar-refractivity contribution is -0.137. The van der Waals surface area contributed by atoms with Gasteiger partial charge in [-0.2, -0.15) is 0 Å². The Kier molecular flexibility index (Phi) is 4.23. The zero-order valence-electron chi connectivity index (χ0n) is 8.97. The Morgan fingerprint density at radius 2 is 2.47 bits per heavy atom. The van der Waals surface area contributed by atoms with Gasteiger partial charge in [0.25, 0.3) is 0 Å². The third kappa shape index (κ3) is 3.67. The van der Waals surface area contributed by atoms with Crippen LogP contribution in [0.2, 0.25) is 0 Å². The number of hydrogen-bond donors (Lipinski definition) is 2. The van der Waals surface area contributed by atoms with Crippen LogP contribution in [0.15, 0.2) is 6.33 Å². The topological polar surface area (TPSA) is 80.0 Å². The summed E-state index contributed by atoms with van der Waals surface area (Å²) in [6.07, 6.45) is 2.46. The summed E-state index contributed by atoms with van der Waals surface area (Å²) in [6.45, 7) is 2.64. The third-order valence-electron chi connectivity index (χ3n) is 2.15. The van der Waals surface area contributed by atoms with Gasteiger partial charge in [0, 0.05) is 13.5 Å². The molecule has 84 valence electrons. The second-order valence-electron chi connectivity index (χ2n) is 3.47. The van der Waals surface area contributed by atoms with Crippen molar-refractivity contribution in [2.45, 2.75) is 25.8 Å². The molecule has 1 unspecified atom stereocenters. The first-order valence-corrected chi connectivity index (χ1v) is 4.90. The molecule has 0 aliphatic rings. The number of aryl methyl sites for hydroxylation is 1. The fourth-order valence-corrected chi connectivity index (χ4v) is 1.33. The maximum Gasteiger partial charge on any atom is 0.303 e.